The first kappa shape index (κ1) is 21.0. The van der Waals surface area contributed by atoms with Gasteiger partial charge in [-0.2, -0.15) is 0 Å². The highest BCUT2D eigenvalue weighted by Gasteiger charge is 2.26. The van der Waals surface area contributed by atoms with E-state index in [1.165, 1.54) is 56.9 Å². The predicted octanol–water partition coefficient (Wildman–Crippen LogP) is 6.84. The van der Waals surface area contributed by atoms with Crippen molar-refractivity contribution in [3.05, 3.63) is 60.2 Å². The van der Waals surface area contributed by atoms with Gasteiger partial charge in [0.2, 0.25) is 0 Å². The van der Waals surface area contributed by atoms with Crippen LogP contribution in [0.2, 0.25) is 0 Å². The van der Waals surface area contributed by atoms with Crippen LogP contribution < -0.4 is 10.6 Å². The molecule has 2 aromatic rings. The molecule has 0 amide bonds. The SMILES string of the molecule is CCCCCCCCCCCP(=O)(c1ccccc1)c1ccc(C)cc1. The highest BCUT2D eigenvalue weighted by Crippen LogP contribution is 2.44. The lowest BCUT2D eigenvalue weighted by Gasteiger charge is -2.19. The lowest BCUT2D eigenvalue weighted by Crippen LogP contribution is -2.18. The van der Waals surface area contributed by atoms with Crippen LogP contribution in [0.5, 0.6) is 0 Å². The van der Waals surface area contributed by atoms with Crippen LogP contribution in [0.4, 0.5) is 0 Å². The maximum atomic E-state index is 13.9. The minimum absolute atomic E-state index is 0.788. The van der Waals surface area contributed by atoms with Gasteiger partial charge >= 0.3 is 0 Å². The van der Waals surface area contributed by atoms with Gasteiger partial charge in [0.15, 0.2) is 0 Å². The number of hydrogen-bond acceptors (Lipinski definition) is 1. The summed E-state index contributed by atoms with van der Waals surface area (Å²) in [6.45, 7) is 4.34. The topological polar surface area (TPSA) is 17.1 Å². The first-order valence-electron chi connectivity index (χ1n) is 10.4. The molecule has 2 heteroatoms. The average molecular weight is 371 g/mol. The predicted molar refractivity (Wildman–Crippen MR) is 117 cm³/mol. The molecule has 26 heavy (non-hydrogen) atoms. The van der Waals surface area contributed by atoms with Crippen LogP contribution in [-0.2, 0) is 4.57 Å². The largest absolute Gasteiger partial charge is 0.314 e. The molecule has 2 rings (SSSR count). The Morgan fingerprint density at radius 2 is 1.15 bits per heavy atom. The minimum atomic E-state index is -2.51. The summed E-state index contributed by atoms with van der Waals surface area (Å²) in [7, 11) is -2.51. The van der Waals surface area contributed by atoms with E-state index in [0.29, 0.717) is 0 Å². The Hall–Kier alpha value is -1.33. The fraction of sp³-hybridized carbons (Fsp3) is 0.500. The summed E-state index contributed by atoms with van der Waals surface area (Å²) in [5.74, 6) is 0. The summed E-state index contributed by atoms with van der Waals surface area (Å²) in [5.41, 5.74) is 1.22. The van der Waals surface area contributed by atoms with E-state index in [1.54, 1.807) is 0 Å². The first-order chi connectivity index (χ1) is 12.7. The summed E-state index contributed by atoms with van der Waals surface area (Å²) in [5, 5.41) is 2.01. The molecule has 0 bridgehead atoms. The van der Waals surface area contributed by atoms with Crippen LogP contribution in [0.3, 0.4) is 0 Å². The normalized spacial score (nSPS) is 13.5. The molecule has 0 saturated carbocycles. The molecule has 0 aliphatic heterocycles. The van der Waals surface area contributed by atoms with Crippen LogP contribution in [0, 0.1) is 6.92 Å². The van der Waals surface area contributed by atoms with Gasteiger partial charge in [-0.1, -0.05) is 118 Å². The van der Waals surface area contributed by atoms with Crippen molar-refractivity contribution in [1.82, 2.24) is 0 Å². The van der Waals surface area contributed by atoms with Crippen molar-refractivity contribution in [3.8, 4) is 0 Å². The van der Waals surface area contributed by atoms with E-state index in [2.05, 4.69) is 38.1 Å². The molecule has 0 aliphatic carbocycles. The molecule has 0 radical (unpaired) electrons. The number of hydrogen-bond donors (Lipinski definition) is 0. The fourth-order valence-corrected chi connectivity index (χ4v) is 6.27. The second-order valence-corrected chi connectivity index (χ2v) is 10.4. The van der Waals surface area contributed by atoms with Gasteiger partial charge in [0.05, 0.1) is 0 Å². The third-order valence-corrected chi connectivity index (χ3v) is 8.41. The lowest BCUT2D eigenvalue weighted by molar-refractivity contribution is 0.566. The Morgan fingerprint density at radius 1 is 0.654 bits per heavy atom. The maximum absolute atomic E-state index is 13.9. The van der Waals surface area contributed by atoms with Gasteiger partial charge in [0, 0.05) is 16.8 Å². The molecule has 0 fully saturated rings. The molecule has 1 unspecified atom stereocenters. The molecule has 0 aliphatic rings. The van der Waals surface area contributed by atoms with Crippen molar-refractivity contribution in [2.75, 3.05) is 6.16 Å². The van der Waals surface area contributed by atoms with Gasteiger partial charge in [0.25, 0.3) is 0 Å². The van der Waals surface area contributed by atoms with Crippen molar-refractivity contribution < 1.29 is 4.57 Å². The standard InChI is InChI=1S/C24H35OP/c1-3-4-5-6-7-8-9-10-14-21-26(25,23-15-12-11-13-16-23)24-19-17-22(2)18-20-24/h11-13,15-20H,3-10,14,21H2,1-2H3. The monoisotopic (exact) mass is 370 g/mol. The van der Waals surface area contributed by atoms with Gasteiger partial charge in [-0.05, 0) is 13.3 Å². The van der Waals surface area contributed by atoms with Crippen LogP contribution >= 0.6 is 7.14 Å². The Balaban J connectivity index is 1.90. The summed E-state index contributed by atoms with van der Waals surface area (Å²) in [6.07, 6.45) is 12.4. The Morgan fingerprint density at radius 3 is 1.73 bits per heavy atom. The zero-order chi connectivity index (χ0) is 18.7. The minimum Gasteiger partial charge on any atom is -0.314 e. The quantitative estimate of drug-likeness (QED) is 0.295. The summed E-state index contributed by atoms with van der Waals surface area (Å²) in [4.78, 5) is 0. The van der Waals surface area contributed by atoms with Crippen LogP contribution in [0.15, 0.2) is 54.6 Å². The van der Waals surface area contributed by atoms with E-state index in [4.69, 9.17) is 0 Å². The molecular weight excluding hydrogens is 335 g/mol. The van der Waals surface area contributed by atoms with Crippen molar-refractivity contribution in [2.45, 2.75) is 71.6 Å². The molecular formula is C24H35OP. The van der Waals surface area contributed by atoms with Gasteiger partial charge in [0.1, 0.15) is 7.14 Å². The van der Waals surface area contributed by atoms with E-state index in [-0.39, 0.29) is 0 Å². The van der Waals surface area contributed by atoms with Crippen molar-refractivity contribution in [1.29, 1.82) is 0 Å². The maximum Gasteiger partial charge on any atom is 0.143 e. The molecule has 0 saturated heterocycles. The Kier molecular flexibility index (Phi) is 9.19. The number of unbranched alkanes of at least 4 members (excludes halogenated alkanes) is 8. The zero-order valence-electron chi connectivity index (χ0n) is 16.6. The van der Waals surface area contributed by atoms with Crippen molar-refractivity contribution >= 4 is 17.8 Å². The van der Waals surface area contributed by atoms with E-state index >= 15 is 0 Å². The molecule has 0 aromatic heterocycles. The zero-order valence-corrected chi connectivity index (χ0v) is 17.5. The molecule has 2 aromatic carbocycles. The van der Waals surface area contributed by atoms with E-state index in [9.17, 15) is 4.57 Å². The number of benzene rings is 2. The second kappa shape index (κ2) is 11.4. The third kappa shape index (κ3) is 6.44. The number of rotatable bonds is 12. The van der Waals surface area contributed by atoms with E-state index < -0.39 is 7.14 Å². The Labute approximate surface area is 160 Å². The molecule has 1 atom stereocenters. The molecule has 142 valence electrons. The van der Waals surface area contributed by atoms with Crippen LogP contribution in [0.25, 0.3) is 0 Å². The average Bonchev–Trinajstić information content (AvgIpc) is 2.67. The molecule has 0 heterocycles. The Bertz CT molecular complexity index is 660. The highest BCUT2D eigenvalue weighted by molar-refractivity contribution is 7.78. The van der Waals surface area contributed by atoms with E-state index in [1.807, 2.05) is 30.3 Å². The molecule has 1 nitrogen and oxygen atoms in total. The van der Waals surface area contributed by atoms with Crippen LogP contribution in [0.1, 0.15) is 70.3 Å². The van der Waals surface area contributed by atoms with Crippen molar-refractivity contribution in [2.24, 2.45) is 0 Å². The first-order valence-corrected chi connectivity index (χ1v) is 12.3. The summed E-state index contributed by atoms with van der Waals surface area (Å²) < 4.78 is 13.9. The smallest absolute Gasteiger partial charge is 0.143 e. The summed E-state index contributed by atoms with van der Waals surface area (Å²) in [6, 6.07) is 18.4. The van der Waals surface area contributed by atoms with Crippen LogP contribution in [-0.4, -0.2) is 6.16 Å². The molecule has 0 spiro atoms. The second-order valence-electron chi connectivity index (χ2n) is 7.46. The summed E-state index contributed by atoms with van der Waals surface area (Å²) >= 11 is 0. The van der Waals surface area contributed by atoms with Gasteiger partial charge in [-0.15, -0.1) is 0 Å². The lowest BCUT2D eigenvalue weighted by atomic mass is 10.1. The van der Waals surface area contributed by atoms with Gasteiger partial charge < -0.3 is 4.57 Å². The molecule has 0 N–H and O–H groups in total. The highest BCUT2D eigenvalue weighted by atomic mass is 31.2. The van der Waals surface area contributed by atoms with Crippen molar-refractivity contribution in [3.63, 3.8) is 0 Å². The number of aryl methyl sites for hydroxylation is 1. The third-order valence-electron chi connectivity index (χ3n) is 5.20. The fourth-order valence-electron chi connectivity index (χ4n) is 3.51. The van der Waals surface area contributed by atoms with E-state index in [0.717, 1.165) is 23.2 Å². The van der Waals surface area contributed by atoms with Gasteiger partial charge in [-0.3, -0.25) is 0 Å². The van der Waals surface area contributed by atoms with Gasteiger partial charge in [-0.25, -0.2) is 0 Å².